The van der Waals surface area contributed by atoms with Crippen molar-refractivity contribution < 1.29 is 9.84 Å². The first-order valence-corrected chi connectivity index (χ1v) is 6.79. The van der Waals surface area contributed by atoms with Gasteiger partial charge in [0.15, 0.2) is 0 Å². The van der Waals surface area contributed by atoms with Crippen molar-refractivity contribution >= 4 is 23.2 Å². The molecule has 2 aromatic rings. The average Bonchev–Trinajstić information content (AvgIpc) is 2.40. The number of hydrogen-bond acceptors (Lipinski definition) is 2. The third-order valence-electron chi connectivity index (χ3n) is 3.28. The summed E-state index contributed by atoms with van der Waals surface area (Å²) < 4.78 is 5.92. The van der Waals surface area contributed by atoms with E-state index in [4.69, 9.17) is 27.9 Å². The molecule has 0 amide bonds. The molecular weight excluding hydrogens is 283 g/mol. The van der Waals surface area contributed by atoms with Crippen molar-refractivity contribution in [2.24, 2.45) is 0 Å². The molecule has 1 aliphatic heterocycles. The molecule has 98 valence electrons. The molecule has 4 heteroatoms. The number of aliphatic hydroxyl groups excluding tert-OH is 1. The predicted octanol–water partition coefficient (Wildman–Crippen LogP) is 4.55. The average molecular weight is 295 g/mol. The van der Waals surface area contributed by atoms with E-state index >= 15 is 0 Å². The van der Waals surface area contributed by atoms with Gasteiger partial charge in [0.1, 0.15) is 11.9 Å². The van der Waals surface area contributed by atoms with Gasteiger partial charge in [-0.05, 0) is 35.9 Å². The summed E-state index contributed by atoms with van der Waals surface area (Å²) in [5.41, 5.74) is 1.75. The molecule has 0 bridgehead atoms. The van der Waals surface area contributed by atoms with Crippen LogP contribution in [0.25, 0.3) is 0 Å². The highest BCUT2D eigenvalue weighted by molar-refractivity contribution is 6.30. The maximum atomic E-state index is 10.2. The maximum absolute atomic E-state index is 10.2. The second-order valence-electron chi connectivity index (χ2n) is 4.59. The third-order valence-corrected chi connectivity index (χ3v) is 3.77. The Morgan fingerprint density at radius 3 is 2.42 bits per heavy atom. The Kier molecular flexibility index (Phi) is 3.40. The summed E-state index contributed by atoms with van der Waals surface area (Å²) >= 11 is 11.8. The topological polar surface area (TPSA) is 29.5 Å². The van der Waals surface area contributed by atoms with Crippen LogP contribution in [0.2, 0.25) is 10.0 Å². The number of fused-ring (bicyclic) bond motifs is 1. The molecule has 0 fully saturated rings. The second-order valence-corrected chi connectivity index (χ2v) is 5.46. The van der Waals surface area contributed by atoms with Crippen LogP contribution in [0.3, 0.4) is 0 Å². The highest BCUT2D eigenvalue weighted by atomic mass is 35.5. The Labute approximate surface area is 121 Å². The fourth-order valence-corrected chi connectivity index (χ4v) is 2.61. The zero-order valence-corrected chi connectivity index (χ0v) is 11.5. The number of hydrogen-bond donors (Lipinski definition) is 1. The van der Waals surface area contributed by atoms with E-state index < -0.39 is 6.10 Å². The van der Waals surface area contributed by atoms with Crippen LogP contribution in [-0.4, -0.2) is 5.11 Å². The monoisotopic (exact) mass is 294 g/mol. The molecule has 3 rings (SSSR count). The minimum absolute atomic E-state index is 0.166. The van der Waals surface area contributed by atoms with Gasteiger partial charge in [-0.1, -0.05) is 35.3 Å². The standard InChI is InChI=1S/C15H12Cl2O2/c16-10-3-1-9(2-4-10)15-8-13(18)12-7-11(17)5-6-14(12)19-15/h1-7,13,15,18H,8H2. The van der Waals surface area contributed by atoms with E-state index in [1.54, 1.807) is 18.2 Å². The van der Waals surface area contributed by atoms with Crippen molar-refractivity contribution in [1.82, 2.24) is 0 Å². The lowest BCUT2D eigenvalue weighted by Crippen LogP contribution is -2.18. The predicted molar refractivity (Wildman–Crippen MR) is 75.8 cm³/mol. The molecule has 0 saturated carbocycles. The number of halogens is 2. The molecule has 0 saturated heterocycles. The van der Waals surface area contributed by atoms with E-state index in [1.165, 1.54) is 0 Å². The third kappa shape index (κ3) is 2.57. The minimum atomic E-state index is -0.567. The van der Waals surface area contributed by atoms with E-state index in [-0.39, 0.29) is 6.10 Å². The fourth-order valence-electron chi connectivity index (χ4n) is 2.30. The van der Waals surface area contributed by atoms with Gasteiger partial charge < -0.3 is 9.84 Å². The number of benzene rings is 2. The lowest BCUT2D eigenvalue weighted by Gasteiger charge is -2.30. The molecule has 0 radical (unpaired) electrons. The summed E-state index contributed by atoms with van der Waals surface area (Å²) in [5.74, 6) is 0.683. The zero-order chi connectivity index (χ0) is 13.4. The zero-order valence-electron chi connectivity index (χ0n) is 10.0. The molecule has 0 aromatic heterocycles. The maximum Gasteiger partial charge on any atom is 0.127 e. The first-order valence-electron chi connectivity index (χ1n) is 6.03. The van der Waals surface area contributed by atoms with Crippen LogP contribution < -0.4 is 4.74 Å². The van der Waals surface area contributed by atoms with Crippen LogP contribution in [0.4, 0.5) is 0 Å². The smallest absolute Gasteiger partial charge is 0.127 e. The van der Waals surface area contributed by atoms with Crippen LogP contribution in [0, 0.1) is 0 Å². The van der Waals surface area contributed by atoms with Crippen LogP contribution in [0.15, 0.2) is 42.5 Å². The van der Waals surface area contributed by atoms with E-state index in [0.717, 1.165) is 11.1 Å². The van der Waals surface area contributed by atoms with Crippen molar-refractivity contribution in [3.05, 3.63) is 63.6 Å². The molecule has 0 aliphatic carbocycles. The number of ether oxygens (including phenoxy) is 1. The normalized spacial score (nSPS) is 21.6. The Morgan fingerprint density at radius 1 is 1.00 bits per heavy atom. The van der Waals surface area contributed by atoms with Crippen molar-refractivity contribution in [2.75, 3.05) is 0 Å². The van der Waals surface area contributed by atoms with Crippen molar-refractivity contribution in [2.45, 2.75) is 18.6 Å². The minimum Gasteiger partial charge on any atom is -0.485 e. The number of rotatable bonds is 1. The van der Waals surface area contributed by atoms with E-state index in [0.29, 0.717) is 22.2 Å². The van der Waals surface area contributed by atoms with Crippen molar-refractivity contribution in [3.8, 4) is 5.75 Å². The lowest BCUT2D eigenvalue weighted by atomic mass is 9.95. The molecule has 1 N–H and O–H groups in total. The van der Waals surface area contributed by atoms with Crippen molar-refractivity contribution in [3.63, 3.8) is 0 Å². The van der Waals surface area contributed by atoms with Crippen molar-refractivity contribution in [1.29, 1.82) is 0 Å². The molecule has 1 aliphatic rings. The van der Waals surface area contributed by atoms with Gasteiger partial charge in [0.25, 0.3) is 0 Å². The largest absolute Gasteiger partial charge is 0.485 e. The van der Waals surface area contributed by atoms with E-state index in [9.17, 15) is 5.11 Å². The first kappa shape index (κ1) is 12.8. The Bertz CT molecular complexity index is 596. The van der Waals surface area contributed by atoms with Crippen LogP contribution in [0.1, 0.15) is 29.8 Å². The molecule has 19 heavy (non-hydrogen) atoms. The highest BCUT2D eigenvalue weighted by Gasteiger charge is 2.28. The van der Waals surface area contributed by atoms with Gasteiger partial charge in [-0.2, -0.15) is 0 Å². The lowest BCUT2D eigenvalue weighted by molar-refractivity contribution is 0.0657. The molecular formula is C15H12Cl2O2. The molecule has 0 spiro atoms. The van der Waals surface area contributed by atoms with Gasteiger partial charge in [-0.3, -0.25) is 0 Å². The molecule has 1 heterocycles. The summed E-state index contributed by atoms with van der Waals surface area (Å²) in [5, 5.41) is 11.5. The quantitative estimate of drug-likeness (QED) is 0.836. The van der Waals surface area contributed by atoms with Gasteiger partial charge in [0.05, 0.1) is 6.10 Å². The van der Waals surface area contributed by atoms with E-state index in [1.807, 2.05) is 24.3 Å². The molecule has 2 nitrogen and oxygen atoms in total. The summed E-state index contributed by atoms with van der Waals surface area (Å²) in [6.07, 6.45) is -0.223. The van der Waals surface area contributed by atoms with Gasteiger partial charge in [-0.15, -0.1) is 0 Å². The SMILES string of the molecule is OC1CC(c2ccc(Cl)cc2)Oc2ccc(Cl)cc21. The first-order chi connectivity index (χ1) is 9.13. The van der Waals surface area contributed by atoms with Gasteiger partial charge >= 0.3 is 0 Å². The second kappa shape index (κ2) is 5.04. The molecule has 2 atom stereocenters. The summed E-state index contributed by atoms with van der Waals surface area (Å²) in [6, 6.07) is 12.8. The summed E-state index contributed by atoms with van der Waals surface area (Å²) in [6.45, 7) is 0. The van der Waals surface area contributed by atoms with Gasteiger partial charge in [-0.25, -0.2) is 0 Å². The summed E-state index contributed by atoms with van der Waals surface area (Å²) in [4.78, 5) is 0. The van der Waals surface area contributed by atoms with Gasteiger partial charge in [0.2, 0.25) is 0 Å². The Hall–Kier alpha value is -1.22. The Balaban J connectivity index is 1.92. The fraction of sp³-hybridized carbons (Fsp3) is 0.200. The highest BCUT2D eigenvalue weighted by Crippen LogP contribution is 2.41. The van der Waals surface area contributed by atoms with Crippen LogP contribution in [-0.2, 0) is 0 Å². The summed E-state index contributed by atoms with van der Waals surface area (Å²) in [7, 11) is 0. The molecule has 2 unspecified atom stereocenters. The van der Waals surface area contributed by atoms with E-state index in [2.05, 4.69) is 0 Å². The Morgan fingerprint density at radius 2 is 1.68 bits per heavy atom. The number of aliphatic hydroxyl groups is 1. The van der Waals surface area contributed by atoms with Crippen LogP contribution >= 0.6 is 23.2 Å². The molecule has 2 aromatic carbocycles. The van der Waals surface area contributed by atoms with Gasteiger partial charge in [0, 0.05) is 22.0 Å². The van der Waals surface area contributed by atoms with Crippen LogP contribution in [0.5, 0.6) is 5.75 Å².